The number of aliphatic hydroxyl groups excluding tert-OH is 2. The van der Waals surface area contributed by atoms with Crippen LogP contribution in [-0.2, 0) is 5.72 Å². The SMILES string of the molecule is OC[C@@H]1CC[C@@](O)(n2ccc3c(Sc4ccccc4)ncnc32)[C@@H]1O. The average Bonchev–Trinajstić information content (AvgIpc) is 3.19. The van der Waals surface area contributed by atoms with Gasteiger partial charge in [0.15, 0.2) is 5.72 Å². The minimum absolute atomic E-state index is 0.146. The summed E-state index contributed by atoms with van der Waals surface area (Å²) in [5.41, 5.74) is -0.883. The molecule has 0 aliphatic heterocycles. The summed E-state index contributed by atoms with van der Waals surface area (Å²) in [5, 5.41) is 32.5. The highest BCUT2D eigenvalue weighted by atomic mass is 32.2. The van der Waals surface area contributed by atoms with Gasteiger partial charge in [0.05, 0.1) is 5.39 Å². The number of fused-ring (bicyclic) bond motifs is 1. The molecule has 1 aliphatic rings. The Balaban J connectivity index is 1.75. The lowest BCUT2D eigenvalue weighted by molar-refractivity contribution is -0.127. The van der Waals surface area contributed by atoms with E-state index < -0.39 is 11.8 Å². The van der Waals surface area contributed by atoms with Crippen LogP contribution in [-0.4, -0.2) is 42.6 Å². The number of hydrogen-bond donors (Lipinski definition) is 3. The third-order valence-electron chi connectivity index (χ3n) is 4.86. The van der Waals surface area contributed by atoms with Crippen LogP contribution in [0.2, 0.25) is 0 Å². The van der Waals surface area contributed by atoms with Crippen LogP contribution in [0, 0.1) is 5.92 Å². The van der Waals surface area contributed by atoms with Crippen LogP contribution in [0.3, 0.4) is 0 Å². The van der Waals surface area contributed by atoms with E-state index in [4.69, 9.17) is 0 Å². The summed E-state index contributed by atoms with van der Waals surface area (Å²) in [4.78, 5) is 9.76. The third kappa shape index (κ3) is 2.73. The maximum absolute atomic E-state index is 11.0. The van der Waals surface area contributed by atoms with Gasteiger partial charge < -0.3 is 19.9 Å². The fraction of sp³-hybridized carbons (Fsp3) is 0.333. The molecule has 0 spiro atoms. The van der Waals surface area contributed by atoms with E-state index in [1.165, 1.54) is 18.1 Å². The molecule has 6 nitrogen and oxygen atoms in total. The Bertz CT molecular complexity index is 886. The van der Waals surface area contributed by atoms with E-state index >= 15 is 0 Å². The molecular weight excluding hydrogens is 338 g/mol. The van der Waals surface area contributed by atoms with Crippen molar-refractivity contribution in [3.63, 3.8) is 0 Å². The van der Waals surface area contributed by atoms with Crippen molar-refractivity contribution in [3.8, 4) is 0 Å². The summed E-state index contributed by atoms with van der Waals surface area (Å²) in [6, 6.07) is 11.8. The highest BCUT2D eigenvalue weighted by Gasteiger charge is 2.48. The van der Waals surface area contributed by atoms with Gasteiger partial charge in [-0.2, -0.15) is 0 Å². The second kappa shape index (κ2) is 6.42. The van der Waals surface area contributed by atoms with Crippen molar-refractivity contribution < 1.29 is 15.3 Å². The lowest BCUT2D eigenvalue weighted by Crippen LogP contribution is -2.43. The Labute approximate surface area is 149 Å². The molecule has 130 valence electrons. The van der Waals surface area contributed by atoms with Gasteiger partial charge in [-0.3, -0.25) is 0 Å². The van der Waals surface area contributed by atoms with E-state index in [0.29, 0.717) is 18.5 Å². The molecule has 0 radical (unpaired) electrons. The first kappa shape index (κ1) is 16.5. The van der Waals surface area contributed by atoms with Crippen molar-refractivity contribution in [2.24, 2.45) is 5.92 Å². The summed E-state index contributed by atoms with van der Waals surface area (Å²) < 4.78 is 1.61. The zero-order chi connectivity index (χ0) is 17.4. The maximum Gasteiger partial charge on any atom is 0.169 e. The van der Waals surface area contributed by atoms with Gasteiger partial charge in [-0.05, 0) is 31.0 Å². The lowest BCUT2D eigenvalue weighted by atomic mass is 10.0. The highest BCUT2D eigenvalue weighted by molar-refractivity contribution is 7.99. The number of aliphatic hydroxyl groups is 3. The molecule has 0 amide bonds. The molecule has 0 unspecified atom stereocenters. The van der Waals surface area contributed by atoms with E-state index in [2.05, 4.69) is 9.97 Å². The van der Waals surface area contributed by atoms with Gasteiger partial charge in [0.1, 0.15) is 23.1 Å². The van der Waals surface area contributed by atoms with Crippen molar-refractivity contribution in [1.29, 1.82) is 0 Å². The highest BCUT2D eigenvalue weighted by Crippen LogP contribution is 2.41. The Kier molecular flexibility index (Phi) is 4.24. The number of nitrogens with zero attached hydrogens (tertiary/aromatic N) is 3. The molecule has 2 aromatic heterocycles. The molecule has 25 heavy (non-hydrogen) atoms. The van der Waals surface area contributed by atoms with Gasteiger partial charge in [-0.15, -0.1) is 0 Å². The molecule has 0 bridgehead atoms. The summed E-state index contributed by atoms with van der Waals surface area (Å²) in [6.07, 6.45) is 3.10. The molecule has 1 aromatic carbocycles. The Morgan fingerprint density at radius 3 is 2.72 bits per heavy atom. The first-order valence-corrected chi connectivity index (χ1v) is 9.02. The van der Waals surface area contributed by atoms with Crippen molar-refractivity contribution >= 4 is 22.8 Å². The second-order valence-corrected chi connectivity index (χ2v) is 7.38. The van der Waals surface area contributed by atoms with Gasteiger partial charge in [-0.25, -0.2) is 9.97 Å². The normalized spacial score (nSPS) is 26.4. The maximum atomic E-state index is 11.0. The van der Waals surface area contributed by atoms with Crippen molar-refractivity contribution in [2.45, 2.75) is 34.6 Å². The Morgan fingerprint density at radius 2 is 2.00 bits per heavy atom. The van der Waals surface area contributed by atoms with E-state index in [9.17, 15) is 15.3 Å². The third-order valence-corrected chi connectivity index (χ3v) is 5.88. The molecule has 4 rings (SSSR count). The molecule has 1 fully saturated rings. The second-order valence-electron chi connectivity index (χ2n) is 6.32. The summed E-state index contributed by atoms with van der Waals surface area (Å²) in [5.74, 6) is -0.331. The average molecular weight is 357 g/mol. The van der Waals surface area contributed by atoms with E-state index in [1.807, 2.05) is 36.4 Å². The summed E-state index contributed by atoms with van der Waals surface area (Å²) in [6.45, 7) is -0.146. The van der Waals surface area contributed by atoms with Gasteiger partial charge in [0, 0.05) is 23.6 Å². The number of aromatic nitrogens is 3. The molecule has 3 atom stereocenters. The minimum Gasteiger partial charge on any atom is -0.396 e. The fourth-order valence-electron chi connectivity index (χ4n) is 3.46. The molecular formula is C18H19N3O3S. The first-order valence-electron chi connectivity index (χ1n) is 8.20. The van der Waals surface area contributed by atoms with Gasteiger partial charge in [-0.1, -0.05) is 30.0 Å². The van der Waals surface area contributed by atoms with Crippen LogP contribution < -0.4 is 0 Å². The summed E-state index contributed by atoms with van der Waals surface area (Å²) in [7, 11) is 0. The zero-order valence-electron chi connectivity index (χ0n) is 13.5. The molecule has 1 aliphatic carbocycles. The van der Waals surface area contributed by atoms with Gasteiger partial charge in [0.25, 0.3) is 0 Å². The zero-order valence-corrected chi connectivity index (χ0v) is 14.3. The smallest absolute Gasteiger partial charge is 0.169 e. The number of hydrogen-bond acceptors (Lipinski definition) is 6. The van der Waals surface area contributed by atoms with Gasteiger partial charge >= 0.3 is 0 Å². The first-order chi connectivity index (χ1) is 12.1. The van der Waals surface area contributed by atoms with Crippen LogP contribution in [0.5, 0.6) is 0 Å². The molecule has 3 N–H and O–H groups in total. The van der Waals surface area contributed by atoms with Gasteiger partial charge in [0.2, 0.25) is 0 Å². The van der Waals surface area contributed by atoms with Crippen molar-refractivity contribution in [3.05, 3.63) is 48.9 Å². The van der Waals surface area contributed by atoms with Crippen LogP contribution >= 0.6 is 11.8 Å². The predicted octanol–water partition coefficient (Wildman–Crippen LogP) is 1.99. The molecule has 1 saturated carbocycles. The van der Waals surface area contributed by atoms with E-state index in [0.717, 1.165) is 15.3 Å². The van der Waals surface area contributed by atoms with Crippen molar-refractivity contribution in [2.75, 3.05) is 6.61 Å². The predicted molar refractivity (Wildman–Crippen MR) is 94.1 cm³/mol. The molecule has 3 aromatic rings. The monoisotopic (exact) mass is 357 g/mol. The van der Waals surface area contributed by atoms with Crippen LogP contribution in [0.1, 0.15) is 12.8 Å². The number of benzene rings is 1. The summed E-state index contributed by atoms with van der Waals surface area (Å²) >= 11 is 1.53. The van der Waals surface area contributed by atoms with Crippen molar-refractivity contribution in [1.82, 2.24) is 14.5 Å². The number of rotatable bonds is 4. The van der Waals surface area contributed by atoms with Crippen LogP contribution in [0.25, 0.3) is 11.0 Å². The Morgan fingerprint density at radius 1 is 1.20 bits per heavy atom. The molecule has 2 heterocycles. The van der Waals surface area contributed by atoms with Crippen LogP contribution in [0.4, 0.5) is 0 Å². The largest absolute Gasteiger partial charge is 0.396 e. The van der Waals surface area contributed by atoms with E-state index in [1.54, 1.807) is 10.8 Å². The quantitative estimate of drug-likeness (QED) is 0.619. The van der Waals surface area contributed by atoms with Crippen LogP contribution in [0.15, 0.2) is 58.8 Å². The minimum atomic E-state index is -1.46. The topological polar surface area (TPSA) is 91.4 Å². The molecule has 7 heteroatoms. The Hall–Kier alpha value is -1.93. The standard InChI is InChI=1S/C18H19N3O3S/c22-10-12-6-8-18(24,15(12)23)21-9-7-14-16(21)19-11-20-17(14)25-13-4-2-1-3-5-13/h1-5,7,9,11-12,15,22-24H,6,8,10H2/t12-,15+,18-/m0/s1. The molecule has 0 saturated heterocycles. The van der Waals surface area contributed by atoms with E-state index in [-0.39, 0.29) is 12.5 Å². The fourth-order valence-corrected chi connectivity index (χ4v) is 4.34. The lowest BCUT2D eigenvalue weighted by Gasteiger charge is -2.30.